The molecule has 1 fully saturated rings. The molecule has 1 rings (SSSR count). The normalized spacial score (nSPS) is 25.5. The minimum Gasteiger partial charge on any atom is -0.287 e. The van der Waals surface area contributed by atoms with Gasteiger partial charge in [0.25, 0.3) is 0 Å². The van der Waals surface area contributed by atoms with Crippen molar-refractivity contribution in [2.45, 2.75) is 6.29 Å². The van der Waals surface area contributed by atoms with E-state index < -0.39 is 0 Å². The minimum absolute atomic E-state index is 0.204. The molecule has 3 nitrogen and oxygen atoms in total. The molecule has 1 aliphatic rings. The highest BCUT2D eigenvalue weighted by atomic mass is 15.3. The second kappa shape index (κ2) is 1.55. The molecule has 6 heavy (non-hydrogen) atoms. The molecule has 3 N–H and O–H groups in total. The van der Waals surface area contributed by atoms with E-state index in [1.165, 1.54) is 0 Å². The van der Waals surface area contributed by atoms with Crippen LogP contribution in [0.15, 0.2) is 0 Å². The number of rotatable bonds is 0. The summed E-state index contributed by atoms with van der Waals surface area (Å²) in [5.41, 5.74) is 6.91. The van der Waals surface area contributed by atoms with Crippen molar-refractivity contribution in [3.8, 4) is 0 Å². The van der Waals surface area contributed by atoms with Gasteiger partial charge in [-0.05, 0) is 0 Å². The van der Waals surface area contributed by atoms with Crippen LogP contribution in [-0.4, -0.2) is 19.4 Å². The average Bonchev–Trinajstić information content (AvgIpc) is 1.86. The van der Waals surface area contributed by atoms with Crippen molar-refractivity contribution in [1.82, 2.24) is 16.4 Å². The Morgan fingerprint density at radius 1 is 1.33 bits per heavy atom. The average molecular weight is 86.1 g/mol. The maximum Gasteiger partial charge on any atom is 0.124 e. The number of nitrogens with one attached hydrogen (secondary N) is 3. The Hall–Kier alpha value is -0.120. The first-order valence-electron chi connectivity index (χ1n) is 2.07. The van der Waals surface area contributed by atoms with Gasteiger partial charge in [-0.2, -0.15) is 0 Å². The van der Waals surface area contributed by atoms with Crippen LogP contribution in [0.4, 0.5) is 0 Å². The molecule has 0 bridgehead atoms. The van der Waals surface area contributed by atoms with Gasteiger partial charge in [0.1, 0.15) is 6.29 Å². The van der Waals surface area contributed by atoms with E-state index in [-0.39, 0.29) is 6.29 Å². The molecule has 0 aliphatic carbocycles. The predicted molar refractivity (Wildman–Crippen MR) is 22.9 cm³/mol. The van der Waals surface area contributed by atoms with Crippen LogP contribution < -0.4 is 16.4 Å². The third kappa shape index (κ3) is 0.680. The molecule has 1 aliphatic heterocycles. The molecule has 0 unspecified atom stereocenters. The summed E-state index contributed by atoms with van der Waals surface area (Å²) >= 11 is 0. The second-order valence-corrected chi connectivity index (χ2v) is 1.34. The van der Waals surface area contributed by atoms with Gasteiger partial charge in [0, 0.05) is 13.1 Å². The quantitative estimate of drug-likeness (QED) is 0.387. The highest BCUT2D eigenvalue weighted by Gasteiger charge is 2.04. The highest BCUT2D eigenvalue weighted by Crippen LogP contribution is 1.73. The Morgan fingerprint density at radius 2 is 1.83 bits per heavy atom. The number of hydrogen-bond donors (Lipinski definition) is 2. The zero-order valence-corrected chi connectivity index (χ0v) is 3.49. The van der Waals surface area contributed by atoms with Gasteiger partial charge in [-0.15, -0.1) is 0 Å². The molecule has 0 aromatic rings. The van der Waals surface area contributed by atoms with Gasteiger partial charge in [0.05, 0.1) is 0 Å². The van der Waals surface area contributed by atoms with Crippen molar-refractivity contribution in [3.05, 3.63) is 0 Å². The summed E-state index contributed by atoms with van der Waals surface area (Å²) in [6.07, 6.45) is -0.204. The Balaban J connectivity index is 2.18. The molecule has 1 heterocycles. The molecule has 0 aromatic heterocycles. The van der Waals surface area contributed by atoms with E-state index in [9.17, 15) is 0 Å². The minimum atomic E-state index is -0.204. The summed E-state index contributed by atoms with van der Waals surface area (Å²) < 4.78 is 0. The summed E-state index contributed by atoms with van der Waals surface area (Å²) in [6, 6.07) is 0. The molecule has 0 spiro atoms. The van der Waals surface area contributed by atoms with Crippen LogP contribution in [0.5, 0.6) is 0 Å². The van der Waals surface area contributed by atoms with E-state index >= 15 is 0 Å². The van der Waals surface area contributed by atoms with E-state index in [0.717, 1.165) is 13.1 Å². The summed E-state index contributed by atoms with van der Waals surface area (Å²) in [5, 5.41) is 5.75. The summed E-state index contributed by atoms with van der Waals surface area (Å²) in [4.78, 5) is 0. The molecule has 1 radical (unpaired) electrons. The van der Waals surface area contributed by atoms with Crippen LogP contribution in [0.3, 0.4) is 0 Å². The maximum atomic E-state index is 6.91. The monoisotopic (exact) mass is 86.1 g/mol. The van der Waals surface area contributed by atoms with Crippen molar-refractivity contribution in [3.63, 3.8) is 0 Å². The SMILES string of the molecule is [NH]C1NCCN1. The van der Waals surface area contributed by atoms with Crippen molar-refractivity contribution >= 4 is 0 Å². The molecular formula is C3H8N3. The van der Waals surface area contributed by atoms with Crippen LogP contribution in [0.25, 0.3) is 0 Å². The fourth-order valence-corrected chi connectivity index (χ4v) is 0.505. The van der Waals surface area contributed by atoms with Crippen molar-refractivity contribution in [1.29, 1.82) is 0 Å². The third-order valence-electron chi connectivity index (χ3n) is 0.822. The van der Waals surface area contributed by atoms with Gasteiger partial charge in [-0.3, -0.25) is 10.6 Å². The van der Waals surface area contributed by atoms with E-state index in [1.54, 1.807) is 0 Å². The summed E-state index contributed by atoms with van der Waals surface area (Å²) in [7, 11) is 0. The van der Waals surface area contributed by atoms with Gasteiger partial charge in [0.2, 0.25) is 0 Å². The van der Waals surface area contributed by atoms with E-state index in [0.29, 0.717) is 0 Å². The first kappa shape index (κ1) is 4.05. The van der Waals surface area contributed by atoms with E-state index in [1.807, 2.05) is 0 Å². The highest BCUT2D eigenvalue weighted by molar-refractivity contribution is 4.64. The lowest BCUT2D eigenvalue weighted by Gasteiger charge is -1.95. The molecule has 0 amide bonds. The molecule has 3 heteroatoms. The lowest BCUT2D eigenvalue weighted by atomic mass is 10.7. The van der Waals surface area contributed by atoms with Crippen LogP contribution in [0.2, 0.25) is 0 Å². The van der Waals surface area contributed by atoms with Crippen molar-refractivity contribution in [2.75, 3.05) is 13.1 Å². The zero-order chi connectivity index (χ0) is 4.41. The summed E-state index contributed by atoms with van der Waals surface area (Å²) in [6.45, 7) is 1.88. The van der Waals surface area contributed by atoms with Crippen LogP contribution in [0.1, 0.15) is 0 Å². The van der Waals surface area contributed by atoms with Crippen LogP contribution in [-0.2, 0) is 0 Å². The topological polar surface area (TPSA) is 47.9 Å². The molecule has 0 atom stereocenters. The Bertz CT molecular complexity index is 39.3. The van der Waals surface area contributed by atoms with Gasteiger partial charge >= 0.3 is 0 Å². The summed E-state index contributed by atoms with van der Waals surface area (Å²) in [5.74, 6) is 0. The van der Waals surface area contributed by atoms with Crippen LogP contribution >= 0.6 is 0 Å². The van der Waals surface area contributed by atoms with Gasteiger partial charge in [-0.1, -0.05) is 0 Å². The Morgan fingerprint density at radius 3 is 2.00 bits per heavy atom. The lowest BCUT2D eigenvalue weighted by molar-refractivity contribution is 0.560. The van der Waals surface area contributed by atoms with Gasteiger partial charge < -0.3 is 0 Å². The Labute approximate surface area is 36.9 Å². The standard InChI is InChI=1S/C3H8N3/c4-3-5-1-2-6-3/h3-6H,1-2H2. The van der Waals surface area contributed by atoms with Crippen molar-refractivity contribution in [2.24, 2.45) is 0 Å². The zero-order valence-electron chi connectivity index (χ0n) is 3.49. The van der Waals surface area contributed by atoms with Gasteiger partial charge in [-0.25, -0.2) is 5.73 Å². The van der Waals surface area contributed by atoms with Crippen molar-refractivity contribution < 1.29 is 0 Å². The number of hydrogen-bond acceptors (Lipinski definition) is 2. The largest absolute Gasteiger partial charge is 0.287 e. The van der Waals surface area contributed by atoms with Crippen LogP contribution in [0, 0.1) is 0 Å². The fraction of sp³-hybridized carbons (Fsp3) is 1.00. The van der Waals surface area contributed by atoms with Gasteiger partial charge in [0.15, 0.2) is 0 Å². The second-order valence-electron chi connectivity index (χ2n) is 1.34. The first-order chi connectivity index (χ1) is 2.89. The molecule has 35 valence electrons. The first-order valence-corrected chi connectivity index (χ1v) is 2.07. The fourth-order valence-electron chi connectivity index (χ4n) is 0.505. The van der Waals surface area contributed by atoms with E-state index in [4.69, 9.17) is 5.73 Å². The lowest BCUT2D eigenvalue weighted by Crippen LogP contribution is -2.31. The third-order valence-corrected chi connectivity index (χ3v) is 0.822. The molecule has 1 saturated heterocycles. The Kier molecular flexibility index (Phi) is 1.05. The smallest absolute Gasteiger partial charge is 0.124 e. The van der Waals surface area contributed by atoms with E-state index in [2.05, 4.69) is 10.6 Å². The molecule has 0 saturated carbocycles. The molecular weight excluding hydrogens is 78.1 g/mol. The molecule has 0 aromatic carbocycles. The predicted octanol–water partition coefficient (Wildman–Crippen LogP) is -1.25. The maximum absolute atomic E-state index is 6.91.